The number of hydrogen-bond donors (Lipinski definition) is 2. The third kappa shape index (κ3) is 4.36. The van der Waals surface area contributed by atoms with Crippen LogP contribution in [-0.2, 0) is 10.3 Å². The number of furan rings is 1. The van der Waals surface area contributed by atoms with E-state index in [0.29, 0.717) is 24.9 Å². The van der Waals surface area contributed by atoms with Crippen LogP contribution in [-0.4, -0.2) is 48.8 Å². The summed E-state index contributed by atoms with van der Waals surface area (Å²) < 4.78 is 10.4. The second kappa shape index (κ2) is 7.11. The summed E-state index contributed by atoms with van der Waals surface area (Å²) in [4.78, 5) is 6.18. The van der Waals surface area contributed by atoms with Gasteiger partial charge < -0.3 is 24.9 Å². The summed E-state index contributed by atoms with van der Waals surface area (Å²) in [6, 6.07) is 3.46. The normalized spacial score (nSPS) is 19.7. The molecule has 19 heavy (non-hydrogen) atoms. The molecule has 0 aromatic carbocycles. The van der Waals surface area contributed by atoms with E-state index in [1.165, 1.54) is 6.26 Å². The van der Waals surface area contributed by atoms with Gasteiger partial charge >= 0.3 is 0 Å². The monoisotopic (exact) mass is 381 g/mol. The lowest BCUT2D eigenvalue weighted by atomic mass is 10.0. The van der Waals surface area contributed by atoms with Gasteiger partial charge in [0.2, 0.25) is 0 Å². The van der Waals surface area contributed by atoms with Gasteiger partial charge in [-0.2, -0.15) is 0 Å². The zero-order valence-corrected chi connectivity index (χ0v) is 13.2. The van der Waals surface area contributed by atoms with Crippen molar-refractivity contribution in [1.82, 2.24) is 4.90 Å². The Morgan fingerprint density at radius 3 is 2.79 bits per heavy atom. The Balaban J connectivity index is 0.00000180. The van der Waals surface area contributed by atoms with Crippen molar-refractivity contribution < 1.29 is 14.3 Å². The van der Waals surface area contributed by atoms with Crippen molar-refractivity contribution >= 4 is 29.9 Å². The standard InChI is InChI=1S/C12H19N3O3.HI/c1-12(16,10-3-2-6-18-10)9-14-11(13)15-4-7-17-8-5-15;/h2-3,6,16H,4-5,7-9H2,1H3,(H2,13,14);1H. The summed E-state index contributed by atoms with van der Waals surface area (Å²) >= 11 is 0. The molecule has 0 bridgehead atoms. The summed E-state index contributed by atoms with van der Waals surface area (Å²) in [5.41, 5.74) is 4.75. The van der Waals surface area contributed by atoms with Crippen LogP contribution < -0.4 is 5.73 Å². The highest BCUT2D eigenvalue weighted by Crippen LogP contribution is 2.21. The minimum absolute atomic E-state index is 0. The summed E-state index contributed by atoms with van der Waals surface area (Å²) in [6.07, 6.45) is 1.53. The molecule has 1 aliphatic heterocycles. The molecule has 0 aliphatic carbocycles. The Kier molecular flexibility index (Phi) is 6.08. The molecule has 1 fully saturated rings. The van der Waals surface area contributed by atoms with Crippen molar-refractivity contribution in [3.8, 4) is 0 Å². The molecule has 1 aliphatic rings. The molecule has 6 nitrogen and oxygen atoms in total. The lowest BCUT2D eigenvalue weighted by Gasteiger charge is -2.28. The average Bonchev–Trinajstić information content (AvgIpc) is 2.92. The molecule has 1 saturated heterocycles. The molecule has 2 heterocycles. The van der Waals surface area contributed by atoms with Crippen LogP contribution in [0.5, 0.6) is 0 Å². The van der Waals surface area contributed by atoms with E-state index in [1.54, 1.807) is 19.1 Å². The molecule has 1 aromatic rings. The van der Waals surface area contributed by atoms with Crippen LogP contribution in [0.2, 0.25) is 0 Å². The van der Waals surface area contributed by atoms with Crippen LogP contribution in [0.3, 0.4) is 0 Å². The second-order valence-electron chi connectivity index (χ2n) is 4.53. The van der Waals surface area contributed by atoms with Crippen molar-refractivity contribution in [2.75, 3.05) is 32.8 Å². The summed E-state index contributed by atoms with van der Waals surface area (Å²) in [7, 11) is 0. The number of nitrogens with two attached hydrogens (primary N) is 1. The highest BCUT2D eigenvalue weighted by Gasteiger charge is 2.26. The van der Waals surface area contributed by atoms with Crippen molar-refractivity contribution in [3.05, 3.63) is 24.2 Å². The molecule has 1 aromatic heterocycles. The minimum atomic E-state index is -1.14. The van der Waals surface area contributed by atoms with E-state index < -0.39 is 5.60 Å². The fourth-order valence-electron chi connectivity index (χ4n) is 1.79. The Morgan fingerprint density at radius 2 is 2.21 bits per heavy atom. The molecule has 0 saturated carbocycles. The first kappa shape index (κ1) is 16.3. The number of aliphatic hydroxyl groups is 1. The largest absolute Gasteiger partial charge is 0.466 e. The third-order valence-electron chi connectivity index (χ3n) is 2.94. The number of aliphatic imine (C=N–C) groups is 1. The first-order valence-corrected chi connectivity index (χ1v) is 5.98. The molecule has 1 unspecified atom stereocenters. The van der Waals surface area contributed by atoms with Gasteiger partial charge in [-0.05, 0) is 19.1 Å². The van der Waals surface area contributed by atoms with Crippen molar-refractivity contribution in [1.29, 1.82) is 0 Å². The molecule has 1 atom stereocenters. The van der Waals surface area contributed by atoms with Gasteiger partial charge in [0.15, 0.2) is 5.96 Å². The third-order valence-corrected chi connectivity index (χ3v) is 2.94. The minimum Gasteiger partial charge on any atom is -0.466 e. The first-order chi connectivity index (χ1) is 8.59. The molecule has 108 valence electrons. The van der Waals surface area contributed by atoms with Crippen LogP contribution >= 0.6 is 24.0 Å². The topological polar surface area (TPSA) is 84.2 Å². The van der Waals surface area contributed by atoms with Crippen molar-refractivity contribution in [2.45, 2.75) is 12.5 Å². The Bertz CT molecular complexity index is 400. The van der Waals surface area contributed by atoms with Gasteiger partial charge in [-0.3, -0.25) is 0 Å². The fourth-order valence-corrected chi connectivity index (χ4v) is 1.79. The summed E-state index contributed by atoms with van der Waals surface area (Å²) in [6.45, 7) is 4.61. The van der Waals surface area contributed by atoms with Gasteiger partial charge in [-0.1, -0.05) is 0 Å². The van der Waals surface area contributed by atoms with Gasteiger partial charge in [-0.25, -0.2) is 4.99 Å². The number of morpholine rings is 1. The number of halogens is 1. The quantitative estimate of drug-likeness (QED) is 0.459. The highest BCUT2D eigenvalue weighted by atomic mass is 127. The number of guanidine groups is 1. The van der Waals surface area contributed by atoms with Crippen LogP contribution in [0.1, 0.15) is 12.7 Å². The smallest absolute Gasteiger partial charge is 0.191 e. The molecule has 0 spiro atoms. The van der Waals surface area contributed by atoms with E-state index in [2.05, 4.69) is 4.99 Å². The van der Waals surface area contributed by atoms with Gasteiger partial charge in [0.25, 0.3) is 0 Å². The molecule has 0 amide bonds. The van der Waals surface area contributed by atoms with Crippen LogP contribution in [0.25, 0.3) is 0 Å². The van der Waals surface area contributed by atoms with Crippen LogP contribution in [0.15, 0.2) is 27.8 Å². The van der Waals surface area contributed by atoms with E-state index in [-0.39, 0.29) is 30.5 Å². The Hall–Kier alpha value is -0.800. The highest BCUT2D eigenvalue weighted by molar-refractivity contribution is 14.0. The average molecular weight is 381 g/mol. The predicted molar refractivity (Wildman–Crippen MR) is 82.6 cm³/mol. The van der Waals surface area contributed by atoms with Crippen LogP contribution in [0.4, 0.5) is 0 Å². The zero-order valence-electron chi connectivity index (χ0n) is 10.9. The first-order valence-electron chi connectivity index (χ1n) is 5.98. The number of hydrogen-bond acceptors (Lipinski definition) is 4. The lowest BCUT2D eigenvalue weighted by Crippen LogP contribution is -2.45. The molecule has 2 rings (SSSR count). The molecule has 7 heteroatoms. The van der Waals surface area contributed by atoms with E-state index in [1.807, 2.05) is 4.90 Å². The van der Waals surface area contributed by atoms with E-state index >= 15 is 0 Å². The Labute approximate surface area is 129 Å². The van der Waals surface area contributed by atoms with E-state index in [0.717, 1.165) is 13.1 Å². The van der Waals surface area contributed by atoms with Gasteiger partial charge in [0, 0.05) is 13.1 Å². The molecular weight excluding hydrogens is 361 g/mol. The Morgan fingerprint density at radius 1 is 1.53 bits per heavy atom. The molecular formula is C12H20IN3O3. The van der Waals surface area contributed by atoms with Crippen molar-refractivity contribution in [3.63, 3.8) is 0 Å². The number of nitrogens with zero attached hydrogens (tertiary/aromatic N) is 2. The SMILES string of the molecule is CC(O)(CN=C(N)N1CCOCC1)c1ccco1.I. The summed E-state index contributed by atoms with van der Waals surface area (Å²) in [5, 5.41) is 10.2. The van der Waals surface area contributed by atoms with Gasteiger partial charge in [-0.15, -0.1) is 24.0 Å². The van der Waals surface area contributed by atoms with Gasteiger partial charge in [0.05, 0.1) is 26.0 Å². The fraction of sp³-hybridized carbons (Fsp3) is 0.583. The zero-order chi connectivity index (χ0) is 13.0. The van der Waals surface area contributed by atoms with Crippen LogP contribution in [0, 0.1) is 0 Å². The number of ether oxygens (including phenoxy) is 1. The number of rotatable bonds is 3. The predicted octanol–water partition coefficient (Wildman–Crippen LogP) is 0.752. The van der Waals surface area contributed by atoms with Gasteiger partial charge in [0.1, 0.15) is 11.4 Å². The second-order valence-corrected chi connectivity index (χ2v) is 4.53. The van der Waals surface area contributed by atoms with Crippen molar-refractivity contribution in [2.24, 2.45) is 10.7 Å². The van der Waals surface area contributed by atoms with E-state index in [4.69, 9.17) is 14.9 Å². The maximum Gasteiger partial charge on any atom is 0.191 e. The van der Waals surface area contributed by atoms with E-state index in [9.17, 15) is 5.11 Å². The lowest BCUT2D eigenvalue weighted by molar-refractivity contribution is 0.0425. The maximum atomic E-state index is 10.2. The molecule has 0 radical (unpaired) electrons. The summed E-state index contributed by atoms with van der Waals surface area (Å²) in [5.74, 6) is 0.922. The molecule has 3 N–H and O–H groups in total. The maximum absolute atomic E-state index is 10.2.